The van der Waals surface area contributed by atoms with Gasteiger partial charge in [-0.15, -0.1) is 0 Å². The summed E-state index contributed by atoms with van der Waals surface area (Å²) in [5.41, 5.74) is 0.145. The van der Waals surface area contributed by atoms with E-state index in [0.717, 1.165) is 26.1 Å². The van der Waals surface area contributed by atoms with Crippen molar-refractivity contribution in [1.82, 2.24) is 16.0 Å². The molecule has 0 aliphatic rings. The molecule has 0 heterocycles. The minimum Gasteiger partial charge on any atom is -0.355 e. The van der Waals surface area contributed by atoms with Crippen molar-refractivity contribution >= 4 is 5.91 Å². The van der Waals surface area contributed by atoms with Gasteiger partial charge in [0.25, 0.3) is 0 Å². The van der Waals surface area contributed by atoms with Gasteiger partial charge in [-0.05, 0) is 27.2 Å². The lowest BCUT2D eigenvalue weighted by molar-refractivity contribution is -0.120. The molecule has 15 heavy (non-hydrogen) atoms. The van der Waals surface area contributed by atoms with Gasteiger partial charge in [-0.1, -0.05) is 6.92 Å². The summed E-state index contributed by atoms with van der Waals surface area (Å²) in [5.74, 6) is 0.0765. The van der Waals surface area contributed by atoms with Crippen LogP contribution in [0.25, 0.3) is 0 Å². The van der Waals surface area contributed by atoms with Gasteiger partial charge < -0.3 is 16.0 Å². The van der Waals surface area contributed by atoms with Gasteiger partial charge in [0, 0.05) is 25.2 Å². The number of carbonyl (C=O) groups is 1. The van der Waals surface area contributed by atoms with E-state index in [1.165, 1.54) is 0 Å². The van der Waals surface area contributed by atoms with Crippen LogP contribution in [0.3, 0.4) is 0 Å². The van der Waals surface area contributed by atoms with Crippen LogP contribution in [0.4, 0.5) is 0 Å². The molecular weight excluding hydrogens is 190 g/mol. The lowest BCUT2D eigenvalue weighted by atomic mass is 10.1. The maximum atomic E-state index is 11.2. The second-order valence-corrected chi connectivity index (χ2v) is 4.70. The molecule has 0 unspecified atom stereocenters. The summed E-state index contributed by atoms with van der Waals surface area (Å²) < 4.78 is 0. The van der Waals surface area contributed by atoms with E-state index < -0.39 is 0 Å². The predicted octanol–water partition coefficient (Wildman–Crippen LogP) is 0.490. The minimum atomic E-state index is 0.0765. The summed E-state index contributed by atoms with van der Waals surface area (Å²) in [7, 11) is 0. The van der Waals surface area contributed by atoms with Gasteiger partial charge in [0.15, 0.2) is 0 Å². The van der Waals surface area contributed by atoms with Crippen LogP contribution in [-0.4, -0.2) is 37.6 Å². The minimum absolute atomic E-state index is 0.0765. The second kappa shape index (κ2) is 7.65. The van der Waals surface area contributed by atoms with Crippen molar-refractivity contribution in [3.8, 4) is 0 Å². The molecule has 0 rings (SSSR count). The molecule has 0 bridgehead atoms. The Balaban J connectivity index is 3.27. The van der Waals surface area contributed by atoms with Gasteiger partial charge >= 0.3 is 0 Å². The highest BCUT2D eigenvalue weighted by atomic mass is 16.1. The lowest BCUT2D eigenvalue weighted by Gasteiger charge is -2.20. The molecule has 0 aromatic heterocycles. The first-order chi connectivity index (χ1) is 6.95. The van der Waals surface area contributed by atoms with E-state index in [1.54, 1.807) is 0 Å². The van der Waals surface area contributed by atoms with Crippen molar-refractivity contribution in [3.63, 3.8) is 0 Å². The van der Waals surface area contributed by atoms with Crippen molar-refractivity contribution in [2.75, 3.05) is 26.2 Å². The average molecular weight is 215 g/mol. The van der Waals surface area contributed by atoms with Crippen LogP contribution in [-0.2, 0) is 4.79 Å². The molecule has 0 spiro atoms. The predicted molar refractivity (Wildman–Crippen MR) is 63.9 cm³/mol. The highest BCUT2D eigenvalue weighted by Crippen LogP contribution is 1.96. The molecule has 0 atom stereocenters. The van der Waals surface area contributed by atoms with E-state index in [1.807, 2.05) is 6.92 Å². The van der Waals surface area contributed by atoms with Crippen LogP contribution in [0, 0.1) is 0 Å². The van der Waals surface area contributed by atoms with Crippen LogP contribution in [0.2, 0.25) is 0 Å². The fraction of sp³-hybridized carbons (Fsp3) is 0.909. The third-order valence-electron chi connectivity index (χ3n) is 1.81. The molecule has 4 heteroatoms. The number of hydrogen-bond acceptors (Lipinski definition) is 3. The molecule has 90 valence electrons. The van der Waals surface area contributed by atoms with Gasteiger partial charge in [-0.3, -0.25) is 4.79 Å². The fourth-order valence-electron chi connectivity index (χ4n) is 1.05. The summed E-state index contributed by atoms with van der Waals surface area (Å²) in [6, 6.07) is 0. The van der Waals surface area contributed by atoms with Gasteiger partial charge in [0.1, 0.15) is 0 Å². The molecule has 0 saturated carbocycles. The normalized spacial score (nSPS) is 11.5. The van der Waals surface area contributed by atoms with Gasteiger partial charge in [0.05, 0.1) is 6.54 Å². The zero-order chi connectivity index (χ0) is 11.7. The van der Waals surface area contributed by atoms with Crippen molar-refractivity contribution in [2.45, 2.75) is 39.7 Å². The van der Waals surface area contributed by atoms with Crippen molar-refractivity contribution < 1.29 is 4.79 Å². The van der Waals surface area contributed by atoms with E-state index in [4.69, 9.17) is 0 Å². The maximum absolute atomic E-state index is 11.2. The SMILES string of the molecule is CCCNC(=O)CNCCNC(C)(C)C. The molecule has 4 nitrogen and oxygen atoms in total. The highest BCUT2D eigenvalue weighted by Gasteiger charge is 2.07. The molecule has 0 saturated heterocycles. The molecule has 0 aromatic rings. The fourth-order valence-corrected chi connectivity index (χ4v) is 1.05. The molecule has 0 radical (unpaired) electrons. The molecule has 0 aliphatic heterocycles. The third-order valence-corrected chi connectivity index (χ3v) is 1.81. The first-order valence-corrected chi connectivity index (χ1v) is 5.68. The van der Waals surface area contributed by atoms with Crippen LogP contribution in [0.5, 0.6) is 0 Å². The third kappa shape index (κ3) is 11.3. The Bertz CT molecular complexity index is 175. The topological polar surface area (TPSA) is 53.2 Å². The van der Waals surface area contributed by atoms with Crippen molar-refractivity contribution in [3.05, 3.63) is 0 Å². The Hall–Kier alpha value is -0.610. The maximum Gasteiger partial charge on any atom is 0.233 e. The van der Waals surface area contributed by atoms with E-state index >= 15 is 0 Å². The zero-order valence-corrected chi connectivity index (χ0v) is 10.4. The smallest absolute Gasteiger partial charge is 0.233 e. The number of rotatable bonds is 7. The summed E-state index contributed by atoms with van der Waals surface area (Å²) in [6.07, 6.45) is 0.983. The first kappa shape index (κ1) is 14.4. The van der Waals surface area contributed by atoms with Crippen molar-refractivity contribution in [2.24, 2.45) is 0 Å². The monoisotopic (exact) mass is 215 g/mol. The molecule has 0 fully saturated rings. The van der Waals surface area contributed by atoms with Crippen LogP contribution in [0.1, 0.15) is 34.1 Å². The lowest BCUT2D eigenvalue weighted by Crippen LogP contribution is -2.42. The molecule has 0 aliphatic carbocycles. The highest BCUT2D eigenvalue weighted by molar-refractivity contribution is 5.77. The van der Waals surface area contributed by atoms with E-state index in [9.17, 15) is 4.79 Å². The number of carbonyl (C=O) groups excluding carboxylic acids is 1. The first-order valence-electron chi connectivity index (χ1n) is 5.68. The number of nitrogens with one attached hydrogen (secondary N) is 3. The van der Waals surface area contributed by atoms with Crippen LogP contribution >= 0.6 is 0 Å². The Labute approximate surface area is 93.2 Å². The van der Waals surface area contributed by atoms with Gasteiger partial charge in [-0.2, -0.15) is 0 Å². The Morgan fingerprint density at radius 2 is 1.80 bits per heavy atom. The second-order valence-electron chi connectivity index (χ2n) is 4.70. The standard InChI is InChI=1S/C11H25N3O/c1-5-6-13-10(15)9-12-7-8-14-11(2,3)4/h12,14H,5-9H2,1-4H3,(H,13,15). The largest absolute Gasteiger partial charge is 0.355 e. The van der Waals surface area contributed by atoms with Crippen molar-refractivity contribution in [1.29, 1.82) is 0 Å². The van der Waals surface area contributed by atoms with E-state index in [-0.39, 0.29) is 11.4 Å². The Morgan fingerprint density at radius 3 is 2.33 bits per heavy atom. The number of amides is 1. The van der Waals surface area contributed by atoms with E-state index in [2.05, 4.69) is 36.7 Å². The average Bonchev–Trinajstić information content (AvgIpc) is 2.12. The van der Waals surface area contributed by atoms with Gasteiger partial charge in [0.2, 0.25) is 5.91 Å². The summed E-state index contributed by atoms with van der Waals surface area (Å²) in [4.78, 5) is 11.2. The number of hydrogen-bond donors (Lipinski definition) is 3. The quantitative estimate of drug-likeness (QED) is 0.542. The Kier molecular flexibility index (Phi) is 7.34. The van der Waals surface area contributed by atoms with Crippen LogP contribution < -0.4 is 16.0 Å². The summed E-state index contributed by atoms with van der Waals surface area (Å²) in [6.45, 7) is 11.3. The zero-order valence-electron chi connectivity index (χ0n) is 10.4. The summed E-state index contributed by atoms with van der Waals surface area (Å²) in [5, 5.41) is 9.25. The molecule has 0 aromatic carbocycles. The summed E-state index contributed by atoms with van der Waals surface area (Å²) >= 11 is 0. The Morgan fingerprint density at radius 1 is 1.13 bits per heavy atom. The van der Waals surface area contributed by atoms with Gasteiger partial charge in [-0.25, -0.2) is 0 Å². The molecule has 1 amide bonds. The van der Waals surface area contributed by atoms with E-state index in [0.29, 0.717) is 6.54 Å². The van der Waals surface area contributed by atoms with Crippen LogP contribution in [0.15, 0.2) is 0 Å². The molecule has 3 N–H and O–H groups in total. The molecular formula is C11H25N3O.